The van der Waals surface area contributed by atoms with Gasteiger partial charge in [-0.25, -0.2) is 9.78 Å². The zero-order valence-corrected chi connectivity index (χ0v) is 15.6. The number of nitrogens with one attached hydrogen (secondary N) is 1. The molecule has 2 aromatic heterocycles. The van der Waals surface area contributed by atoms with Crippen molar-refractivity contribution in [2.24, 2.45) is 0 Å². The highest BCUT2D eigenvalue weighted by molar-refractivity contribution is 5.75. The Balaban J connectivity index is 1.48. The average molecular weight is 365 g/mol. The Morgan fingerprint density at radius 2 is 2.19 bits per heavy atom. The number of likely N-dealkylation sites (tertiary alicyclic amines) is 1. The maximum Gasteiger partial charge on any atom is 0.318 e. The van der Waals surface area contributed by atoms with Gasteiger partial charge in [-0.1, -0.05) is 23.4 Å². The van der Waals surface area contributed by atoms with E-state index in [2.05, 4.69) is 15.5 Å². The van der Waals surface area contributed by atoms with E-state index in [-0.39, 0.29) is 12.1 Å². The summed E-state index contributed by atoms with van der Waals surface area (Å²) >= 11 is 0. The number of hydrogen-bond donors (Lipinski definition) is 1. The van der Waals surface area contributed by atoms with Gasteiger partial charge in [0.25, 0.3) is 0 Å². The van der Waals surface area contributed by atoms with E-state index in [1.165, 1.54) is 0 Å². The summed E-state index contributed by atoms with van der Waals surface area (Å²) in [6.45, 7) is 5.02. The van der Waals surface area contributed by atoms with Crippen LogP contribution in [-0.2, 0) is 6.54 Å². The van der Waals surface area contributed by atoms with Gasteiger partial charge in [0.05, 0.1) is 17.4 Å². The van der Waals surface area contributed by atoms with E-state index in [1.807, 2.05) is 59.8 Å². The molecule has 1 aliphatic rings. The maximum absolute atomic E-state index is 12.8. The van der Waals surface area contributed by atoms with Crippen LogP contribution in [0.3, 0.4) is 0 Å². The molecule has 3 aromatic rings. The third kappa shape index (κ3) is 3.45. The van der Waals surface area contributed by atoms with E-state index < -0.39 is 0 Å². The molecule has 4 rings (SSSR count). The number of amides is 2. The second-order valence-corrected chi connectivity index (χ2v) is 6.85. The maximum atomic E-state index is 12.8. The molecule has 7 heteroatoms. The molecule has 1 aromatic carbocycles. The molecule has 1 atom stereocenters. The standard InChI is InChI=1S/C20H23N5O2/c1-14-12-19(27-23-14)18-8-5-10-25(18)20(26)22-13-16-6-3-4-7-17(16)24-11-9-21-15(24)2/h3-4,6-7,9,11-12,18H,5,8,10,13H2,1-2H3,(H,22,26)/t18-/m0/s1. The highest BCUT2D eigenvalue weighted by Crippen LogP contribution is 2.32. The largest absolute Gasteiger partial charge is 0.359 e. The first kappa shape index (κ1) is 17.3. The Hall–Kier alpha value is -3.09. The Morgan fingerprint density at radius 1 is 1.33 bits per heavy atom. The third-order valence-electron chi connectivity index (χ3n) is 5.00. The normalized spacial score (nSPS) is 16.7. The van der Waals surface area contributed by atoms with Gasteiger partial charge in [-0.2, -0.15) is 0 Å². The van der Waals surface area contributed by atoms with Crippen molar-refractivity contribution in [1.82, 2.24) is 24.9 Å². The van der Waals surface area contributed by atoms with Crippen molar-refractivity contribution in [2.75, 3.05) is 6.54 Å². The van der Waals surface area contributed by atoms with Crippen molar-refractivity contribution in [3.8, 4) is 5.69 Å². The highest BCUT2D eigenvalue weighted by Gasteiger charge is 2.32. The fourth-order valence-electron chi connectivity index (χ4n) is 3.65. The molecule has 0 saturated carbocycles. The van der Waals surface area contributed by atoms with Crippen molar-refractivity contribution in [2.45, 2.75) is 39.3 Å². The van der Waals surface area contributed by atoms with Crippen LogP contribution in [0.4, 0.5) is 4.79 Å². The van der Waals surface area contributed by atoms with Crippen molar-refractivity contribution >= 4 is 6.03 Å². The van der Waals surface area contributed by atoms with Crippen LogP contribution in [0.1, 0.15) is 41.7 Å². The Morgan fingerprint density at radius 3 is 2.93 bits per heavy atom. The number of nitrogens with zero attached hydrogens (tertiary/aromatic N) is 4. The van der Waals surface area contributed by atoms with Crippen LogP contribution in [0.5, 0.6) is 0 Å². The number of rotatable bonds is 4. The minimum atomic E-state index is -0.0799. The highest BCUT2D eigenvalue weighted by atomic mass is 16.5. The smallest absolute Gasteiger partial charge is 0.318 e. The van der Waals surface area contributed by atoms with E-state index in [0.29, 0.717) is 6.54 Å². The van der Waals surface area contributed by atoms with Gasteiger partial charge < -0.3 is 19.3 Å². The Bertz CT molecular complexity index is 945. The number of carbonyl (C=O) groups excluding carboxylic acids is 1. The molecule has 1 aliphatic heterocycles. The lowest BCUT2D eigenvalue weighted by molar-refractivity contribution is 0.182. The molecule has 1 N–H and O–H groups in total. The second-order valence-electron chi connectivity index (χ2n) is 6.85. The molecule has 140 valence electrons. The lowest BCUT2D eigenvalue weighted by Gasteiger charge is -2.23. The fourth-order valence-corrected chi connectivity index (χ4v) is 3.65. The molecule has 0 aliphatic carbocycles. The number of imidazole rings is 1. The van der Waals surface area contributed by atoms with Gasteiger partial charge in [0.15, 0.2) is 5.76 Å². The van der Waals surface area contributed by atoms with E-state index in [1.54, 1.807) is 6.20 Å². The van der Waals surface area contributed by atoms with Crippen molar-refractivity contribution < 1.29 is 9.32 Å². The fraction of sp³-hybridized carbons (Fsp3) is 0.350. The summed E-state index contributed by atoms with van der Waals surface area (Å²) in [5.41, 5.74) is 2.90. The second kappa shape index (κ2) is 7.26. The van der Waals surface area contributed by atoms with E-state index in [0.717, 1.165) is 47.9 Å². The summed E-state index contributed by atoms with van der Waals surface area (Å²) in [4.78, 5) is 18.9. The van der Waals surface area contributed by atoms with E-state index in [4.69, 9.17) is 4.52 Å². The first-order valence-electron chi connectivity index (χ1n) is 9.19. The quantitative estimate of drug-likeness (QED) is 0.767. The molecule has 0 unspecified atom stereocenters. The Labute approximate surface area is 158 Å². The van der Waals surface area contributed by atoms with Gasteiger partial charge in [0, 0.05) is 31.5 Å². The molecule has 3 heterocycles. The van der Waals surface area contributed by atoms with Crippen LogP contribution in [0.25, 0.3) is 5.69 Å². The predicted octanol–water partition coefficient (Wildman–Crippen LogP) is 3.52. The van der Waals surface area contributed by atoms with Gasteiger partial charge >= 0.3 is 6.03 Å². The minimum Gasteiger partial charge on any atom is -0.359 e. The number of benzene rings is 1. The number of urea groups is 1. The van der Waals surface area contributed by atoms with Gasteiger partial charge in [0.1, 0.15) is 5.82 Å². The SMILES string of the molecule is Cc1cc([C@@H]2CCCN2C(=O)NCc2ccccc2-n2ccnc2C)on1. The number of carbonyl (C=O) groups is 1. The molecule has 0 radical (unpaired) electrons. The third-order valence-corrected chi connectivity index (χ3v) is 5.00. The lowest BCUT2D eigenvalue weighted by Crippen LogP contribution is -2.39. The summed E-state index contributed by atoms with van der Waals surface area (Å²) in [7, 11) is 0. The summed E-state index contributed by atoms with van der Waals surface area (Å²) < 4.78 is 7.42. The number of para-hydroxylation sites is 1. The summed E-state index contributed by atoms with van der Waals surface area (Å²) in [6.07, 6.45) is 5.56. The van der Waals surface area contributed by atoms with Crippen LogP contribution in [-0.4, -0.2) is 32.2 Å². The molecule has 0 bridgehead atoms. The van der Waals surface area contributed by atoms with Crippen LogP contribution in [0.15, 0.2) is 47.2 Å². The summed E-state index contributed by atoms with van der Waals surface area (Å²) in [6, 6.07) is 9.81. The number of aromatic nitrogens is 3. The van der Waals surface area contributed by atoms with Crippen LogP contribution >= 0.6 is 0 Å². The number of hydrogen-bond acceptors (Lipinski definition) is 4. The molecule has 27 heavy (non-hydrogen) atoms. The zero-order valence-electron chi connectivity index (χ0n) is 15.6. The van der Waals surface area contributed by atoms with Gasteiger partial charge in [-0.15, -0.1) is 0 Å². The van der Waals surface area contributed by atoms with Crippen molar-refractivity contribution in [3.05, 3.63) is 65.6 Å². The molecule has 1 saturated heterocycles. The first-order valence-corrected chi connectivity index (χ1v) is 9.19. The van der Waals surface area contributed by atoms with Crippen LogP contribution in [0.2, 0.25) is 0 Å². The molecular formula is C20H23N5O2. The molecule has 1 fully saturated rings. The average Bonchev–Trinajstić information content (AvgIpc) is 3.40. The first-order chi connectivity index (χ1) is 13.1. The topological polar surface area (TPSA) is 76.2 Å². The molecule has 0 spiro atoms. The summed E-state index contributed by atoms with van der Waals surface area (Å²) in [5, 5.41) is 7.02. The molecule has 7 nitrogen and oxygen atoms in total. The van der Waals surface area contributed by atoms with E-state index in [9.17, 15) is 4.79 Å². The van der Waals surface area contributed by atoms with Crippen LogP contribution < -0.4 is 5.32 Å². The number of aryl methyl sites for hydroxylation is 2. The van der Waals surface area contributed by atoms with Gasteiger partial charge in [-0.05, 0) is 38.3 Å². The minimum absolute atomic E-state index is 0.0441. The predicted molar refractivity (Wildman–Crippen MR) is 100 cm³/mol. The van der Waals surface area contributed by atoms with Gasteiger partial charge in [-0.3, -0.25) is 0 Å². The summed E-state index contributed by atoms with van der Waals surface area (Å²) in [5.74, 6) is 1.67. The molecular weight excluding hydrogens is 342 g/mol. The van der Waals surface area contributed by atoms with Crippen molar-refractivity contribution in [3.63, 3.8) is 0 Å². The molecule has 2 amide bonds. The van der Waals surface area contributed by atoms with E-state index >= 15 is 0 Å². The van der Waals surface area contributed by atoms with Crippen molar-refractivity contribution in [1.29, 1.82) is 0 Å². The van der Waals surface area contributed by atoms with Gasteiger partial charge in [0.2, 0.25) is 0 Å². The Kier molecular flexibility index (Phi) is 4.66. The van der Waals surface area contributed by atoms with Crippen LogP contribution in [0, 0.1) is 13.8 Å². The zero-order chi connectivity index (χ0) is 18.8. The lowest BCUT2D eigenvalue weighted by atomic mass is 10.1. The monoisotopic (exact) mass is 365 g/mol.